The van der Waals surface area contributed by atoms with Gasteiger partial charge in [-0.2, -0.15) is 0 Å². The first kappa shape index (κ1) is 14.9. The van der Waals surface area contributed by atoms with Gasteiger partial charge >= 0.3 is 0 Å². The quantitative estimate of drug-likeness (QED) is 0.801. The van der Waals surface area contributed by atoms with Gasteiger partial charge in [-0.25, -0.2) is 8.78 Å². The van der Waals surface area contributed by atoms with Gasteiger partial charge in [0.1, 0.15) is 0 Å². The van der Waals surface area contributed by atoms with Crippen LogP contribution in [0.1, 0.15) is 15.9 Å². The SMILES string of the molecule is O=C(NCc1ccc(-c2ccoc2)nc1)c1ccc(F)c(F)c1. The number of nitrogens with one attached hydrogen (secondary N) is 1. The number of halogens is 2. The minimum atomic E-state index is -1.05. The number of aromatic nitrogens is 1. The summed E-state index contributed by atoms with van der Waals surface area (Å²) in [7, 11) is 0. The number of furan rings is 1. The van der Waals surface area contributed by atoms with E-state index in [4.69, 9.17) is 4.42 Å². The Labute approximate surface area is 130 Å². The summed E-state index contributed by atoms with van der Waals surface area (Å²) in [6.45, 7) is 0.233. The van der Waals surface area contributed by atoms with E-state index in [1.54, 1.807) is 24.8 Å². The van der Waals surface area contributed by atoms with E-state index in [0.717, 1.165) is 29.0 Å². The Morgan fingerprint density at radius 3 is 2.65 bits per heavy atom. The second-order valence-electron chi connectivity index (χ2n) is 4.88. The smallest absolute Gasteiger partial charge is 0.251 e. The maximum Gasteiger partial charge on any atom is 0.251 e. The summed E-state index contributed by atoms with van der Waals surface area (Å²) in [6, 6.07) is 8.45. The number of carbonyl (C=O) groups is 1. The van der Waals surface area contributed by atoms with Gasteiger partial charge in [-0.15, -0.1) is 0 Å². The molecule has 3 rings (SSSR count). The van der Waals surface area contributed by atoms with E-state index in [-0.39, 0.29) is 12.1 Å². The largest absolute Gasteiger partial charge is 0.472 e. The van der Waals surface area contributed by atoms with E-state index in [1.165, 1.54) is 6.07 Å². The molecule has 2 heterocycles. The van der Waals surface area contributed by atoms with Gasteiger partial charge in [-0.3, -0.25) is 9.78 Å². The first-order valence-corrected chi connectivity index (χ1v) is 6.84. The van der Waals surface area contributed by atoms with Crippen LogP contribution in [0.5, 0.6) is 0 Å². The van der Waals surface area contributed by atoms with Crippen LogP contribution in [0.15, 0.2) is 59.5 Å². The molecule has 1 N–H and O–H groups in total. The Morgan fingerprint density at radius 1 is 1.13 bits per heavy atom. The zero-order valence-corrected chi connectivity index (χ0v) is 11.9. The summed E-state index contributed by atoms with van der Waals surface area (Å²) in [5.74, 6) is -2.52. The van der Waals surface area contributed by atoms with E-state index in [0.29, 0.717) is 0 Å². The summed E-state index contributed by atoms with van der Waals surface area (Å²) in [5.41, 5.74) is 2.47. The first-order chi connectivity index (χ1) is 11.1. The molecule has 3 aromatic rings. The van der Waals surface area contributed by atoms with Crippen LogP contribution in [-0.2, 0) is 6.54 Å². The van der Waals surface area contributed by atoms with E-state index < -0.39 is 17.5 Å². The fourth-order valence-electron chi connectivity index (χ4n) is 2.03. The van der Waals surface area contributed by atoms with Crippen LogP contribution >= 0.6 is 0 Å². The van der Waals surface area contributed by atoms with Gasteiger partial charge in [0.25, 0.3) is 5.91 Å². The molecule has 23 heavy (non-hydrogen) atoms. The standard InChI is InChI=1S/C17H12F2N2O2/c18-14-3-2-12(7-15(14)19)17(22)21-9-11-1-4-16(20-8-11)13-5-6-23-10-13/h1-8,10H,9H2,(H,21,22). The number of benzene rings is 1. The lowest BCUT2D eigenvalue weighted by atomic mass is 10.1. The minimum absolute atomic E-state index is 0.0619. The maximum atomic E-state index is 13.1. The Hall–Kier alpha value is -3.02. The zero-order chi connectivity index (χ0) is 16.2. The van der Waals surface area contributed by atoms with Crippen molar-refractivity contribution in [2.75, 3.05) is 0 Å². The van der Waals surface area contributed by atoms with Crippen molar-refractivity contribution < 1.29 is 18.0 Å². The van der Waals surface area contributed by atoms with Crippen LogP contribution in [0.25, 0.3) is 11.3 Å². The maximum absolute atomic E-state index is 13.1. The third-order valence-electron chi connectivity index (χ3n) is 3.28. The number of pyridine rings is 1. The first-order valence-electron chi connectivity index (χ1n) is 6.84. The number of nitrogens with zero attached hydrogens (tertiary/aromatic N) is 1. The van der Waals surface area contributed by atoms with E-state index in [1.807, 2.05) is 12.1 Å². The summed E-state index contributed by atoms with van der Waals surface area (Å²) in [6.07, 6.45) is 4.79. The van der Waals surface area contributed by atoms with Gasteiger partial charge in [0.05, 0.1) is 18.2 Å². The van der Waals surface area contributed by atoms with Gasteiger partial charge in [0.15, 0.2) is 11.6 Å². The van der Waals surface area contributed by atoms with E-state index in [9.17, 15) is 13.6 Å². The summed E-state index contributed by atoms with van der Waals surface area (Å²) in [4.78, 5) is 16.2. The number of hydrogen-bond acceptors (Lipinski definition) is 3. The highest BCUT2D eigenvalue weighted by Crippen LogP contribution is 2.17. The van der Waals surface area contributed by atoms with Crippen molar-refractivity contribution in [3.8, 4) is 11.3 Å². The van der Waals surface area contributed by atoms with Crippen LogP contribution in [0.2, 0.25) is 0 Å². The molecule has 2 aromatic heterocycles. The third kappa shape index (κ3) is 3.42. The van der Waals surface area contributed by atoms with Crippen molar-refractivity contribution in [2.24, 2.45) is 0 Å². The molecule has 0 saturated carbocycles. The van der Waals surface area contributed by atoms with Crippen molar-refractivity contribution in [3.05, 3.63) is 77.9 Å². The van der Waals surface area contributed by atoms with Gasteiger partial charge in [0.2, 0.25) is 0 Å². The molecule has 0 radical (unpaired) electrons. The highest BCUT2D eigenvalue weighted by molar-refractivity contribution is 5.94. The molecule has 0 saturated heterocycles. The highest BCUT2D eigenvalue weighted by Gasteiger charge is 2.09. The molecular weight excluding hydrogens is 302 g/mol. The van der Waals surface area contributed by atoms with Crippen LogP contribution in [-0.4, -0.2) is 10.9 Å². The highest BCUT2D eigenvalue weighted by atomic mass is 19.2. The Kier molecular flexibility index (Phi) is 4.14. The topological polar surface area (TPSA) is 55.1 Å². The molecule has 4 nitrogen and oxygen atoms in total. The molecule has 6 heteroatoms. The molecule has 116 valence electrons. The Balaban J connectivity index is 1.63. The third-order valence-corrected chi connectivity index (χ3v) is 3.28. The molecule has 0 unspecified atom stereocenters. The molecule has 0 aliphatic carbocycles. The van der Waals surface area contributed by atoms with Gasteiger partial charge in [0, 0.05) is 23.9 Å². The molecule has 1 aromatic carbocycles. The number of rotatable bonds is 4. The fraction of sp³-hybridized carbons (Fsp3) is 0.0588. The van der Waals surface area contributed by atoms with Gasteiger partial charge in [-0.1, -0.05) is 6.07 Å². The molecule has 0 aliphatic rings. The predicted octanol–water partition coefficient (Wildman–Crippen LogP) is 3.55. The van der Waals surface area contributed by atoms with Crippen molar-refractivity contribution in [2.45, 2.75) is 6.54 Å². The van der Waals surface area contributed by atoms with Crippen LogP contribution in [0.3, 0.4) is 0 Å². The monoisotopic (exact) mass is 314 g/mol. The lowest BCUT2D eigenvalue weighted by Gasteiger charge is -2.06. The van der Waals surface area contributed by atoms with Crippen LogP contribution < -0.4 is 5.32 Å². The second-order valence-corrected chi connectivity index (χ2v) is 4.88. The second kappa shape index (κ2) is 6.39. The van der Waals surface area contributed by atoms with Crippen molar-refractivity contribution in [3.63, 3.8) is 0 Å². The molecule has 1 amide bonds. The van der Waals surface area contributed by atoms with Crippen LogP contribution in [0.4, 0.5) is 8.78 Å². The normalized spacial score (nSPS) is 10.5. The van der Waals surface area contributed by atoms with Crippen molar-refractivity contribution >= 4 is 5.91 Å². The summed E-state index contributed by atoms with van der Waals surface area (Å²) >= 11 is 0. The number of amides is 1. The average Bonchev–Trinajstić information content (AvgIpc) is 3.10. The molecule has 0 bridgehead atoms. The lowest BCUT2D eigenvalue weighted by molar-refractivity contribution is 0.0950. The fourth-order valence-corrected chi connectivity index (χ4v) is 2.03. The number of carbonyl (C=O) groups excluding carboxylic acids is 1. The Bertz CT molecular complexity index is 815. The summed E-state index contributed by atoms with van der Waals surface area (Å²) < 4.78 is 30.9. The van der Waals surface area contributed by atoms with Crippen molar-refractivity contribution in [1.29, 1.82) is 0 Å². The molecule has 0 atom stereocenters. The average molecular weight is 314 g/mol. The van der Waals surface area contributed by atoms with E-state index in [2.05, 4.69) is 10.3 Å². The van der Waals surface area contributed by atoms with Gasteiger partial charge < -0.3 is 9.73 Å². The van der Waals surface area contributed by atoms with Crippen molar-refractivity contribution in [1.82, 2.24) is 10.3 Å². The van der Waals surface area contributed by atoms with Crippen LogP contribution in [0, 0.1) is 11.6 Å². The molecule has 0 spiro atoms. The zero-order valence-electron chi connectivity index (χ0n) is 11.9. The van der Waals surface area contributed by atoms with Gasteiger partial charge in [-0.05, 0) is 35.9 Å². The minimum Gasteiger partial charge on any atom is -0.472 e. The summed E-state index contributed by atoms with van der Waals surface area (Å²) in [5, 5.41) is 2.63. The molecule has 0 aliphatic heterocycles. The Morgan fingerprint density at radius 2 is 2.00 bits per heavy atom. The van der Waals surface area contributed by atoms with E-state index >= 15 is 0 Å². The molecule has 0 fully saturated rings. The predicted molar refractivity (Wildman–Crippen MR) is 79.5 cm³/mol. The number of hydrogen-bond donors (Lipinski definition) is 1. The lowest BCUT2D eigenvalue weighted by Crippen LogP contribution is -2.23. The molecular formula is C17H12F2N2O2.